The summed E-state index contributed by atoms with van der Waals surface area (Å²) in [6, 6.07) is 4.91. The Balaban J connectivity index is 1.97. The summed E-state index contributed by atoms with van der Waals surface area (Å²) in [5.41, 5.74) is 0. The van der Waals surface area contributed by atoms with Crippen molar-refractivity contribution in [3.8, 4) is 0 Å². The summed E-state index contributed by atoms with van der Waals surface area (Å²) in [6.45, 7) is 6.29. The first-order chi connectivity index (χ1) is 8.19. The second-order valence-corrected chi connectivity index (χ2v) is 7.26. The minimum Gasteiger partial charge on any atom is -0.378 e. The summed E-state index contributed by atoms with van der Waals surface area (Å²) in [5, 5.41) is 3.61. The van der Waals surface area contributed by atoms with Gasteiger partial charge in [-0.1, -0.05) is 6.92 Å². The molecule has 0 bridgehead atoms. The van der Waals surface area contributed by atoms with Gasteiger partial charge in [-0.3, -0.25) is 0 Å². The third-order valence-corrected chi connectivity index (χ3v) is 4.96. The second-order valence-electron chi connectivity index (χ2n) is 4.71. The van der Waals surface area contributed by atoms with Gasteiger partial charge >= 0.3 is 0 Å². The van der Waals surface area contributed by atoms with Gasteiger partial charge in [0, 0.05) is 16.8 Å². The van der Waals surface area contributed by atoms with E-state index >= 15 is 0 Å². The fourth-order valence-electron chi connectivity index (χ4n) is 2.48. The van der Waals surface area contributed by atoms with Crippen LogP contribution in [0.4, 0.5) is 0 Å². The molecular weight excluding hydrogens is 298 g/mol. The van der Waals surface area contributed by atoms with Crippen LogP contribution in [0.15, 0.2) is 15.9 Å². The summed E-state index contributed by atoms with van der Waals surface area (Å²) >= 11 is 5.36. The molecule has 3 atom stereocenters. The van der Waals surface area contributed by atoms with Gasteiger partial charge in [0.2, 0.25) is 0 Å². The van der Waals surface area contributed by atoms with E-state index < -0.39 is 0 Å². The van der Waals surface area contributed by atoms with Crippen LogP contribution in [0.2, 0.25) is 0 Å². The number of halogens is 1. The summed E-state index contributed by atoms with van der Waals surface area (Å²) in [4.78, 5) is 1.45. The minimum absolute atomic E-state index is 0.427. The molecule has 1 N–H and O–H groups in total. The minimum atomic E-state index is 0.427. The van der Waals surface area contributed by atoms with Gasteiger partial charge in [0.25, 0.3) is 0 Å². The molecule has 0 saturated carbocycles. The van der Waals surface area contributed by atoms with Crippen molar-refractivity contribution in [1.29, 1.82) is 0 Å². The SMILES string of the molecule is CCNC(Cc1ccc(Br)s1)C1COC(C)C1. The molecule has 1 saturated heterocycles. The molecule has 1 aromatic heterocycles. The van der Waals surface area contributed by atoms with Crippen molar-refractivity contribution in [2.45, 2.75) is 38.8 Å². The van der Waals surface area contributed by atoms with Gasteiger partial charge in [-0.25, -0.2) is 0 Å². The smallest absolute Gasteiger partial charge is 0.0701 e. The van der Waals surface area contributed by atoms with Gasteiger partial charge in [-0.15, -0.1) is 11.3 Å². The van der Waals surface area contributed by atoms with Crippen LogP contribution >= 0.6 is 27.3 Å². The van der Waals surface area contributed by atoms with Gasteiger partial charge in [0.15, 0.2) is 0 Å². The Bertz CT molecular complexity index is 355. The van der Waals surface area contributed by atoms with E-state index in [0.717, 1.165) is 19.6 Å². The molecule has 2 heterocycles. The van der Waals surface area contributed by atoms with Gasteiger partial charge in [0.1, 0.15) is 0 Å². The fraction of sp³-hybridized carbons (Fsp3) is 0.692. The zero-order valence-electron chi connectivity index (χ0n) is 10.4. The first-order valence-corrected chi connectivity index (χ1v) is 7.89. The average molecular weight is 318 g/mol. The van der Waals surface area contributed by atoms with Crippen molar-refractivity contribution in [3.63, 3.8) is 0 Å². The molecule has 0 radical (unpaired) electrons. The lowest BCUT2D eigenvalue weighted by Crippen LogP contribution is -2.38. The van der Waals surface area contributed by atoms with Crippen LogP contribution < -0.4 is 5.32 Å². The van der Waals surface area contributed by atoms with Crippen molar-refractivity contribution >= 4 is 27.3 Å². The van der Waals surface area contributed by atoms with Crippen molar-refractivity contribution in [1.82, 2.24) is 5.32 Å². The van der Waals surface area contributed by atoms with E-state index in [1.54, 1.807) is 0 Å². The van der Waals surface area contributed by atoms with Crippen LogP contribution in [0.1, 0.15) is 25.1 Å². The summed E-state index contributed by atoms with van der Waals surface area (Å²) in [5.74, 6) is 0.658. The zero-order chi connectivity index (χ0) is 12.3. The Kier molecular flexibility index (Phi) is 5.03. The number of nitrogens with one attached hydrogen (secondary N) is 1. The molecule has 0 amide bonds. The van der Waals surface area contributed by atoms with E-state index in [-0.39, 0.29) is 0 Å². The third kappa shape index (κ3) is 3.78. The van der Waals surface area contributed by atoms with Crippen LogP contribution in [-0.4, -0.2) is 25.3 Å². The quantitative estimate of drug-likeness (QED) is 0.898. The molecular formula is C13H20BrNOS. The number of rotatable bonds is 5. The average Bonchev–Trinajstić information content (AvgIpc) is 2.87. The van der Waals surface area contributed by atoms with Crippen molar-refractivity contribution in [2.75, 3.05) is 13.2 Å². The number of ether oxygens (including phenoxy) is 1. The predicted octanol–water partition coefficient (Wildman–Crippen LogP) is 3.46. The molecule has 1 aromatic rings. The molecule has 1 aliphatic heterocycles. The molecule has 17 heavy (non-hydrogen) atoms. The van der Waals surface area contributed by atoms with E-state index in [1.807, 2.05) is 11.3 Å². The highest BCUT2D eigenvalue weighted by atomic mass is 79.9. The maximum absolute atomic E-state index is 5.69. The monoisotopic (exact) mass is 317 g/mol. The first-order valence-electron chi connectivity index (χ1n) is 6.28. The molecule has 1 fully saturated rings. The van der Waals surface area contributed by atoms with E-state index in [2.05, 4.69) is 47.2 Å². The normalized spacial score (nSPS) is 26.3. The van der Waals surface area contributed by atoms with Crippen LogP contribution in [0.3, 0.4) is 0 Å². The summed E-state index contributed by atoms with van der Waals surface area (Å²) in [6.07, 6.45) is 2.73. The topological polar surface area (TPSA) is 21.3 Å². The lowest BCUT2D eigenvalue weighted by Gasteiger charge is -2.22. The molecule has 3 unspecified atom stereocenters. The van der Waals surface area contributed by atoms with Crippen LogP contribution in [0.25, 0.3) is 0 Å². The lowest BCUT2D eigenvalue weighted by atomic mass is 9.94. The Hall–Kier alpha value is 0.1000. The number of thiophene rings is 1. The molecule has 0 spiro atoms. The largest absolute Gasteiger partial charge is 0.378 e. The Morgan fingerprint density at radius 2 is 2.41 bits per heavy atom. The maximum Gasteiger partial charge on any atom is 0.0701 e. The van der Waals surface area contributed by atoms with Gasteiger partial charge in [0.05, 0.1) is 16.5 Å². The van der Waals surface area contributed by atoms with Crippen LogP contribution in [-0.2, 0) is 11.2 Å². The zero-order valence-corrected chi connectivity index (χ0v) is 12.8. The summed E-state index contributed by atoms with van der Waals surface area (Å²) in [7, 11) is 0. The Morgan fingerprint density at radius 1 is 1.59 bits per heavy atom. The van der Waals surface area contributed by atoms with Crippen LogP contribution in [0, 0.1) is 5.92 Å². The Morgan fingerprint density at radius 3 is 2.94 bits per heavy atom. The van der Waals surface area contributed by atoms with E-state index in [1.165, 1.54) is 15.1 Å². The number of likely N-dealkylation sites (N-methyl/N-ethyl adjacent to an activating group) is 1. The van der Waals surface area contributed by atoms with Gasteiger partial charge in [-0.05, 0) is 54.4 Å². The second kappa shape index (κ2) is 6.32. The first kappa shape index (κ1) is 13.5. The van der Waals surface area contributed by atoms with E-state index in [4.69, 9.17) is 4.74 Å². The maximum atomic E-state index is 5.69. The van der Waals surface area contributed by atoms with Crippen molar-refractivity contribution in [2.24, 2.45) is 5.92 Å². The van der Waals surface area contributed by atoms with Gasteiger partial charge < -0.3 is 10.1 Å². The lowest BCUT2D eigenvalue weighted by molar-refractivity contribution is 0.117. The van der Waals surface area contributed by atoms with Crippen molar-refractivity contribution < 1.29 is 4.74 Å². The highest BCUT2D eigenvalue weighted by Crippen LogP contribution is 2.28. The molecule has 2 rings (SSSR count). The Labute approximate surface area is 116 Å². The molecule has 4 heteroatoms. The van der Waals surface area contributed by atoms with Crippen LogP contribution in [0.5, 0.6) is 0 Å². The van der Waals surface area contributed by atoms with E-state index in [0.29, 0.717) is 18.1 Å². The molecule has 96 valence electrons. The van der Waals surface area contributed by atoms with Gasteiger partial charge in [-0.2, -0.15) is 0 Å². The van der Waals surface area contributed by atoms with E-state index in [9.17, 15) is 0 Å². The summed E-state index contributed by atoms with van der Waals surface area (Å²) < 4.78 is 6.91. The fourth-order valence-corrected chi connectivity index (χ4v) is 4.02. The third-order valence-electron chi connectivity index (χ3n) is 3.31. The molecule has 1 aliphatic rings. The predicted molar refractivity (Wildman–Crippen MR) is 76.7 cm³/mol. The molecule has 2 nitrogen and oxygen atoms in total. The van der Waals surface area contributed by atoms with Crippen molar-refractivity contribution in [3.05, 3.63) is 20.8 Å². The highest BCUT2D eigenvalue weighted by Gasteiger charge is 2.29. The highest BCUT2D eigenvalue weighted by molar-refractivity contribution is 9.11. The number of hydrogen-bond acceptors (Lipinski definition) is 3. The molecule has 0 aromatic carbocycles. The molecule has 0 aliphatic carbocycles. The number of hydrogen-bond donors (Lipinski definition) is 1. The standard InChI is InChI=1S/C13H20BrNOS/c1-3-15-12(10-6-9(2)16-8-10)7-11-4-5-13(14)17-11/h4-5,9-10,12,15H,3,6-8H2,1-2H3.